The molecule has 1 aromatic carbocycles. The van der Waals surface area contributed by atoms with Gasteiger partial charge in [-0.15, -0.1) is 11.3 Å². The van der Waals surface area contributed by atoms with E-state index in [-0.39, 0.29) is 17.9 Å². The number of likely N-dealkylation sites (tertiary alicyclic amines) is 1. The molecule has 1 aromatic heterocycles. The summed E-state index contributed by atoms with van der Waals surface area (Å²) in [7, 11) is 0. The van der Waals surface area contributed by atoms with E-state index in [0.717, 1.165) is 68.6 Å². The molecular formula is C27H36N4O3S. The fourth-order valence-corrected chi connectivity index (χ4v) is 7.06. The van der Waals surface area contributed by atoms with Crippen molar-refractivity contribution in [2.75, 3.05) is 50.8 Å². The number of aryl methyl sites for hydroxylation is 2. The number of amides is 1. The van der Waals surface area contributed by atoms with E-state index in [1.54, 1.807) is 0 Å². The van der Waals surface area contributed by atoms with Crippen molar-refractivity contribution >= 4 is 22.4 Å². The lowest BCUT2D eigenvalue weighted by atomic mass is 10.0. The minimum absolute atomic E-state index is 0.0253. The van der Waals surface area contributed by atoms with Gasteiger partial charge in [0.2, 0.25) is 5.91 Å². The molecule has 2 atom stereocenters. The van der Waals surface area contributed by atoms with Gasteiger partial charge in [-0.2, -0.15) is 0 Å². The van der Waals surface area contributed by atoms with Crippen molar-refractivity contribution < 1.29 is 14.3 Å². The molecule has 35 heavy (non-hydrogen) atoms. The van der Waals surface area contributed by atoms with Gasteiger partial charge >= 0.3 is 0 Å². The first-order chi connectivity index (χ1) is 17.2. The first-order valence-electron chi connectivity index (χ1n) is 13.4. The lowest BCUT2D eigenvalue weighted by molar-refractivity contribution is -0.125. The molecule has 1 unspecified atom stereocenters. The first kappa shape index (κ1) is 23.1. The molecule has 1 aliphatic carbocycles. The Labute approximate surface area is 211 Å². The van der Waals surface area contributed by atoms with E-state index in [4.69, 9.17) is 14.5 Å². The zero-order valence-electron chi connectivity index (χ0n) is 20.5. The molecule has 2 aromatic rings. The lowest BCUT2D eigenvalue weighted by Gasteiger charge is -2.26. The maximum absolute atomic E-state index is 13.4. The normalized spacial score (nSPS) is 22.7. The highest BCUT2D eigenvalue weighted by atomic mass is 32.1. The fourth-order valence-electron chi connectivity index (χ4n) is 5.88. The quantitative estimate of drug-likeness (QED) is 0.634. The molecular weight excluding hydrogens is 460 g/mol. The summed E-state index contributed by atoms with van der Waals surface area (Å²) in [4.78, 5) is 24.6. The van der Waals surface area contributed by atoms with Gasteiger partial charge in [0.1, 0.15) is 13.2 Å². The van der Waals surface area contributed by atoms with Gasteiger partial charge in [-0.3, -0.25) is 4.79 Å². The molecule has 1 amide bonds. The van der Waals surface area contributed by atoms with Crippen LogP contribution in [-0.2, 0) is 24.1 Å². The van der Waals surface area contributed by atoms with Gasteiger partial charge in [-0.1, -0.05) is 6.07 Å². The summed E-state index contributed by atoms with van der Waals surface area (Å²) >= 11 is 1.85. The number of benzene rings is 1. The maximum Gasteiger partial charge on any atom is 0.225 e. The van der Waals surface area contributed by atoms with E-state index >= 15 is 0 Å². The van der Waals surface area contributed by atoms with Crippen molar-refractivity contribution in [3.8, 4) is 11.5 Å². The summed E-state index contributed by atoms with van der Waals surface area (Å²) < 4.78 is 11.5. The number of hydrogen-bond acceptors (Lipinski definition) is 7. The number of aromatic nitrogens is 1. The Morgan fingerprint density at radius 2 is 1.91 bits per heavy atom. The van der Waals surface area contributed by atoms with Gasteiger partial charge in [0.15, 0.2) is 16.6 Å². The summed E-state index contributed by atoms with van der Waals surface area (Å²) in [5, 5.41) is 4.56. The van der Waals surface area contributed by atoms with Crippen LogP contribution in [0.25, 0.3) is 0 Å². The van der Waals surface area contributed by atoms with Gasteiger partial charge in [-0.25, -0.2) is 4.98 Å². The number of nitrogens with zero attached hydrogens (tertiary/aromatic N) is 3. The van der Waals surface area contributed by atoms with E-state index in [2.05, 4.69) is 27.2 Å². The molecule has 3 aliphatic heterocycles. The summed E-state index contributed by atoms with van der Waals surface area (Å²) in [6, 6.07) is 6.28. The Kier molecular flexibility index (Phi) is 6.83. The number of carbonyl (C=O) groups is 1. The number of anilines is 1. The maximum atomic E-state index is 13.4. The largest absolute Gasteiger partial charge is 0.486 e. The Bertz CT molecular complexity index is 1030. The Hall–Kier alpha value is -2.32. The molecule has 188 valence electrons. The number of thiazole rings is 1. The van der Waals surface area contributed by atoms with Crippen molar-refractivity contribution in [3.63, 3.8) is 0 Å². The van der Waals surface area contributed by atoms with Gasteiger partial charge in [0, 0.05) is 30.6 Å². The van der Waals surface area contributed by atoms with Crippen molar-refractivity contribution in [2.45, 2.75) is 57.4 Å². The molecule has 6 rings (SSSR count). The molecule has 8 heteroatoms. The van der Waals surface area contributed by atoms with Crippen LogP contribution < -0.4 is 19.7 Å². The van der Waals surface area contributed by atoms with E-state index < -0.39 is 0 Å². The SMILES string of the molecule is O=C(NC(Cc1ccc2c(c1)OCCO2)CN1CCCC1)[C@@H]1CCN(c2nc3c(s2)CCCC3)C1. The van der Waals surface area contributed by atoms with Gasteiger partial charge in [0.05, 0.1) is 11.6 Å². The average molecular weight is 497 g/mol. The van der Waals surface area contributed by atoms with Gasteiger partial charge < -0.3 is 24.6 Å². The van der Waals surface area contributed by atoms with Crippen LogP contribution in [0.5, 0.6) is 11.5 Å². The van der Waals surface area contributed by atoms with Crippen LogP contribution in [0.3, 0.4) is 0 Å². The Balaban J connectivity index is 1.11. The summed E-state index contributed by atoms with van der Waals surface area (Å²) in [6.07, 6.45) is 9.01. The van der Waals surface area contributed by atoms with Crippen molar-refractivity contribution in [1.29, 1.82) is 0 Å². The summed E-state index contributed by atoms with van der Waals surface area (Å²) in [5.41, 5.74) is 2.48. The van der Waals surface area contributed by atoms with Crippen molar-refractivity contribution in [1.82, 2.24) is 15.2 Å². The number of carbonyl (C=O) groups excluding carboxylic acids is 1. The van der Waals surface area contributed by atoms with Gasteiger partial charge in [0.25, 0.3) is 0 Å². The zero-order chi connectivity index (χ0) is 23.6. The molecule has 2 saturated heterocycles. The molecule has 0 bridgehead atoms. The lowest BCUT2D eigenvalue weighted by Crippen LogP contribution is -2.46. The summed E-state index contributed by atoms with van der Waals surface area (Å²) in [5.74, 6) is 1.85. The predicted octanol–water partition coefficient (Wildman–Crippen LogP) is 3.44. The second-order valence-electron chi connectivity index (χ2n) is 10.4. The van der Waals surface area contributed by atoms with E-state index in [1.807, 2.05) is 17.4 Å². The zero-order valence-corrected chi connectivity index (χ0v) is 21.3. The van der Waals surface area contributed by atoms with Crippen LogP contribution in [0, 0.1) is 5.92 Å². The van der Waals surface area contributed by atoms with E-state index in [0.29, 0.717) is 13.2 Å². The Morgan fingerprint density at radius 3 is 2.77 bits per heavy atom. The molecule has 0 saturated carbocycles. The standard InChI is InChI=1S/C27H36N4O3S/c32-26(20-9-12-31(17-20)27-29-22-5-1-2-6-25(22)35-27)28-21(18-30-10-3-4-11-30)15-19-7-8-23-24(16-19)34-14-13-33-23/h7-8,16,20-21H,1-6,9-15,17-18H2,(H,28,32)/t20-,21?/m1/s1. The van der Waals surface area contributed by atoms with Crippen molar-refractivity contribution in [2.24, 2.45) is 5.92 Å². The molecule has 2 fully saturated rings. The van der Waals surface area contributed by atoms with Crippen LogP contribution in [-0.4, -0.2) is 67.8 Å². The topological polar surface area (TPSA) is 66.9 Å². The first-order valence-corrected chi connectivity index (χ1v) is 14.2. The molecule has 4 aliphatic rings. The number of rotatable bonds is 7. The van der Waals surface area contributed by atoms with Crippen LogP contribution in [0.4, 0.5) is 5.13 Å². The average Bonchev–Trinajstić information content (AvgIpc) is 3.64. The third kappa shape index (κ3) is 5.28. The molecule has 7 nitrogen and oxygen atoms in total. The van der Waals surface area contributed by atoms with Crippen LogP contribution in [0.2, 0.25) is 0 Å². The molecule has 4 heterocycles. The number of fused-ring (bicyclic) bond motifs is 2. The van der Waals surface area contributed by atoms with E-state index in [1.165, 1.54) is 48.2 Å². The minimum Gasteiger partial charge on any atom is -0.486 e. The Morgan fingerprint density at radius 1 is 1.09 bits per heavy atom. The molecule has 1 N–H and O–H groups in total. The molecule has 0 spiro atoms. The number of ether oxygens (including phenoxy) is 2. The predicted molar refractivity (Wildman–Crippen MR) is 138 cm³/mol. The van der Waals surface area contributed by atoms with Crippen molar-refractivity contribution in [3.05, 3.63) is 34.3 Å². The van der Waals surface area contributed by atoms with Crippen LogP contribution in [0.1, 0.15) is 48.2 Å². The fraction of sp³-hybridized carbons (Fsp3) is 0.630. The monoisotopic (exact) mass is 496 g/mol. The van der Waals surface area contributed by atoms with E-state index in [9.17, 15) is 4.79 Å². The van der Waals surface area contributed by atoms with Gasteiger partial charge in [-0.05, 0) is 82.2 Å². The minimum atomic E-state index is 0.0253. The second-order valence-corrected chi connectivity index (χ2v) is 11.5. The third-order valence-corrected chi connectivity index (χ3v) is 8.99. The number of nitrogens with one attached hydrogen (secondary N) is 1. The second kappa shape index (κ2) is 10.3. The smallest absolute Gasteiger partial charge is 0.225 e. The highest BCUT2D eigenvalue weighted by Crippen LogP contribution is 2.34. The van der Waals surface area contributed by atoms with Crippen LogP contribution >= 0.6 is 11.3 Å². The van der Waals surface area contributed by atoms with Crippen LogP contribution in [0.15, 0.2) is 18.2 Å². The molecule has 0 radical (unpaired) electrons. The number of hydrogen-bond donors (Lipinski definition) is 1. The highest BCUT2D eigenvalue weighted by Gasteiger charge is 2.32. The highest BCUT2D eigenvalue weighted by molar-refractivity contribution is 7.15. The summed E-state index contributed by atoms with van der Waals surface area (Å²) in [6.45, 7) is 6.03. The third-order valence-electron chi connectivity index (χ3n) is 7.78.